The van der Waals surface area contributed by atoms with Crippen molar-refractivity contribution in [3.8, 4) is 0 Å². The fourth-order valence-electron chi connectivity index (χ4n) is 1.47. The molecule has 0 aliphatic carbocycles. The van der Waals surface area contributed by atoms with Crippen molar-refractivity contribution in [3.63, 3.8) is 0 Å². The van der Waals surface area contributed by atoms with Crippen molar-refractivity contribution in [2.24, 2.45) is 0 Å². The van der Waals surface area contributed by atoms with E-state index in [1.807, 2.05) is 30.3 Å². The lowest BCUT2D eigenvalue weighted by atomic mass is 10.1. The highest BCUT2D eigenvalue weighted by atomic mass is 35.5. The van der Waals surface area contributed by atoms with Gasteiger partial charge in [-0.15, -0.1) is 12.4 Å². The maximum absolute atomic E-state index is 10.6. The molecule has 15 heavy (non-hydrogen) atoms. The zero-order valence-electron chi connectivity index (χ0n) is 7.88. The molecule has 0 fully saturated rings. The van der Waals surface area contributed by atoms with Gasteiger partial charge in [-0.2, -0.15) is 0 Å². The summed E-state index contributed by atoms with van der Waals surface area (Å²) in [5.74, 6) is -0.853. The molecule has 0 spiro atoms. The summed E-state index contributed by atoms with van der Waals surface area (Å²) in [5.41, 5.74) is 0.621. The van der Waals surface area contributed by atoms with Crippen LogP contribution in [0.3, 0.4) is 0 Å². The Bertz CT molecular complexity index is 479. The standard InChI is InChI=1S/C11H9NO2.ClH/c13-11(14)7-10-9-4-2-1-3-8(9)5-6-12-10;/h1-6H,7H2,(H,13,14);1H. The van der Waals surface area contributed by atoms with Crippen LogP contribution in [0, 0.1) is 0 Å². The molecule has 2 rings (SSSR count). The Labute approximate surface area is 93.2 Å². The first-order valence-electron chi connectivity index (χ1n) is 4.32. The first-order valence-corrected chi connectivity index (χ1v) is 4.32. The van der Waals surface area contributed by atoms with Crippen LogP contribution in [0.15, 0.2) is 36.5 Å². The van der Waals surface area contributed by atoms with Gasteiger partial charge in [-0.3, -0.25) is 9.78 Å². The molecule has 1 aromatic heterocycles. The normalized spacial score (nSPS) is 9.60. The van der Waals surface area contributed by atoms with E-state index in [0.717, 1.165) is 10.8 Å². The quantitative estimate of drug-likeness (QED) is 0.850. The number of carbonyl (C=O) groups is 1. The maximum atomic E-state index is 10.6. The number of nitrogens with zero attached hydrogens (tertiary/aromatic N) is 1. The summed E-state index contributed by atoms with van der Waals surface area (Å²) < 4.78 is 0. The van der Waals surface area contributed by atoms with Crippen LogP contribution >= 0.6 is 12.4 Å². The van der Waals surface area contributed by atoms with E-state index in [9.17, 15) is 4.79 Å². The van der Waals surface area contributed by atoms with Crippen LogP contribution in [-0.2, 0) is 11.2 Å². The Morgan fingerprint density at radius 1 is 1.27 bits per heavy atom. The van der Waals surface area contributed by atoms with Crippen LogP contribution in [0.25, 0.3) is 10.8 Å². The van der Waals surface area contributed by atoms with Gasteiger partial charge in [0.15, 0.2) is 0 Å². The average Bonchev–Trinajstić information content (AvgIpc) is 2.18. The largest absolute Gasteiger partial charge is 0.481 e. The molecule has 0 bridgehead atoms. The molecule has 1 aromatic carbocycles. The number of halogens is 1. The van der Waals surface area contributed by atoms with E-state index < -0.39 is 5.97 Å². The van der Waals surface area contributed by atoms with Gasteiger partial charge in [-0.25, -0.2) is 0 Å². The third kappa shape index (κ3) is 2.44. The zero-order chi connectivity index (χ0) is 9.97. The van der Waals surface area contributed by atoms with Crippen LogP contribution in [0.1, 0.15) is 5.69 Å². The third-order valence-corrected chi connectivity index (χ3v) is 2.07. The van der Waals surface area contributed by atoms with Crippen molar-refractivity contribution in [1.29, 1.82) is 0 Å². The van der Waals surface area contributed by atoms with Gasteiger partial charge in [0.2, 0.25) is 0 Å². The maximum Gasteiger partial charge on any atom is 0.309 e. The van der Waals surface area contributed by atoms with Gasteiger partial charge < -0.3 is 5.11 Å². The molecule has 0 unspecified atom stereocenters. The Morgan fingerprint density at radius 2 is 2.00 bits per heavy atom. The second-order valence-electron chi connectivity index (χ2n) is 3.05. The van der Waals surface area contributed by atoms with E-state index in [1.54, 1.807) is 6.20 Å². The minimum Gasteiger partial charge on any atom is -0.481 e. The van der Waals surface area contributed by atoms with Crippen molar-refractivity contribution in [1.82, 2.24) is 4.98 Å². The Balaban J connectivity index is 0.00000112. The van der Waals surface area contributed by atoms with Gasteiger partial charge in [0.25, 0.3) is 0 Å². The highest BCUT2D eigenvalue weighted by Crippen LogP contribution is 2.16. The molecule has 1 heterocycles. The van der Waals surface area contributed by atoms with Gasteiger partial charge in [-0.05, 0) is 11.5 Å². The van der Waals surface area contributed by atoms with Gasteiger partial charge in [0.1, 0.15) is 0 Å². The summed E-state index contributed by atoms with van der Waals surface area (Å²) in [6, 6.07) is 9.52. The number of carboxylic acid groups (broad SMARTS) is 1. The molecule has 0 amide bonds. The molecule has 0 saturated carbocycles. The van der Waals surface area contributed by atoms with Crippen molar-refractivity contribution in [3.05, 3.63) is 42.2 Å². The van der Waals surface area contributed by atoms with Gasteiger partial charge in [-0.1, -0.05) is 24.3 Å². The number of hydrogen-bond donors (Lipinski definition) is 1. The first kappa shape index (κ1) is 11.5. The van der Waals surface area contributed by atoms with E-state index >= 15 is 0 Å². The van der Waals surface area contributed by atoms with Crippen molar-refractivity contribution < 1.29 is 9.90 Å². The van der Waals surface area contributed by atoms with E-state index in [-0.39, 0.29) is 18.8 Å². The molecule has 0 aliphatic rings. The molecule has 0 aliphatic heterocycles. The van der Waals surface area contributed by atoms with Gasteiger partial charge in [0.05, 0.1) is 12.1 Å². The van der Waals surface area contributed by atoms with Crippen molar-refractivity contribution >= 4 is 29.1 Å². The van der Waals surface area contributed by atoms with Crippen LogP contribution in [0.4, 0.5) is 0 Å². The number of fused-ring (bicyclic) bond motifs is 1. The molecule has 4 heteroatoms. The molecule has 1 N–H and O–H groups in total. The number of rotatable bonds is 2. The Hall–Kier alpha value is -1.61. The smallest absolute Gasteiger partial charge is 0.309 e. The third-order valence-electron chi connectivity index (χ3n) is 2.07. The number of aromatic nitrogens is 1. The summed E-state index contributed by atoms with van der Waals surface area (Å²) in [6.07, 6.45) is 1.61. The summed E-state index contributed by atoms with van der Waals surface area (Å²) in [7, 11) is 0. The SMILES string of the molecule is Cl.O=C(O)Cc1nccc2ccccc12. The number of benzene rings is 1. The van der Waals surface area contributed by atoms with Crippen LogP contribution < -0.4 is 0 Å². The molecule has 3 nitrogen and oxygen atoms in total. The second-order valence-corrected chi connectivity index (χ2v) is 3.05. The van der Waals surface area contributed by atoms with Crippen LogP contribution in [-0.4, -0.2) is 16.1 Å². The molecule has 0 saturated heterocycles. The predicted molar refractivity (Wildman–Crippen MR) is 60.3 cm³/mol. The monoisotopic (exact) mass is 223 g/mol. The van der Waals surface area contributed by atoms with E-state index in [1.165, 1.54) is 0 Å². The Morgan fingerprint density at radius 3 is 2.73 bits per heavy atom. The first-order chi connectivity index (χ1) is 6.77. The van der Waals surface area contributed by atoms with Crippen molar-refractivity contribution in [2.75, 3.05) is 0 Å². The highest BCUT2D eigenvalue weighted by molar-refractivity contribution is 5.87. The fraction of sp³-hybridized carbons (Fsp3) is 0.0909. The lowest BCUT2D eigenvalue weighted by Crippen LogP contribution is -2.02. The summed E-state index contributed by atoms with van der Waals surface area (Å²) in [4.78, 5) is 14.6. The molecular weight excluding hydrogens is 214 g/mol. The van der Waals surface area contributed by atoms with Crippen molar-refractivity contribution in [2.45, 2.75) is 6.42 Å². The lowest BCUT2D eigenvalue weighted by molar-refractivity contribution is -0.136. The average molecular weight is 224 g/mol. The number of hydrogen-bond acceptors (Lipinski definition) is 2. The molecule has 0 radical (unpaired) electrons. The van der Waals surface area contributed by atoms with Crippen LogP contribution in [0.5, 0.6) is 0 Å². The van der Waals surface area contributed by atoms with Gasteiger partial charge >= 0.3 is 5.97 Å². The molecular formula is C11H10ClNO2. The van der Waals surface area contributed by atoms with E-state index in [4.69, 9.17) is 5.11 Å². The number of pyridine rings is 1. The summed E-state index contributed by atoms with van der Waals surface area (Å²) in [6.45, 7) is 0. The van der Waals surface area contributed by atoms with Crippen LogP contribution in [0.2, 0.25) is 0 Å². The minimum absolute atomic E-state index is 0. The Kier molecular flexibility index (Phi) is 3.63. The number of aliphatic carboxylic acids is 1. The van der Waals surface area contributed by atoms with Gasteiger partial charge in [0, 0.05) is 11.6 Å². The molecule has 2 aromatic rings. The fourth-order valence-corrected chi connectivity index (χ4v) is 1.47. The second kappa shape index (κ2) is 4.75. The number of carboxylic acids is 1. The minimum atomic E-state index is -0.853. The van der Waals surface area contributed by atoms with E-state index in [0.29, 0.717) is 5.69 Å². The zero-order valence-corrected chi connectivity index (χ0v) is 8.70. The molecule has 0 atom stereocenters. The lowest BCUT2D eigenvalue weighted by Gasteiger charge is -2.01. The van der Waals surface area contributed by atoms with E-state index in [2.05, 4.69) is 4.98 Å². The summed E-state index contributed by atoms with van der Waals surface area (Å²) in [5, 5.41) is 10.6. The topological polar surface area (TPSA) is 50.2 Å². The summed E-state index contributed by atoms with van der Waals surface area (Å²) >= 11 is 0. The molecule has 78 valence electrons. The predicted octanol–water partition coefficient (Wildman–Crippen LogP) is 2.28. The highest BCUT2D eigenvalue weighted by Gasteiger charge is 2.05.